The van der Waals surface area contributed by atoms with Gasteiger partial charge >= 0.3 is 5.97 Å². The second kappa shape index (κ2) is 2.87. The molecule has 0 amide bonds. The van der Waals surface area contributed by atoms with Gasteiger partial charge in [0.25, 0.3) is 0 Å². The molecule has 0 unspecified atom stereocenters. The van der Waals surface area contributed by atoms with E-state index in [1.165, 1.54) is 6.42 Å². The zero-order chi connectivity index (χ0) is 10.6. The molecule has 0 aliphatic heterocycles. The standard InChI is InChI=1S/C12H14O3/c1-6-4-7(6)10-2-3-11(15-10)8-5-9(8)12(13)14/h2-3,6-9H,4-5H2,1H3,(H,13,14)/t6-,7+,8+,9+/m1/s1. The maximum Gasteiger partial charge on any atom is 0.307 e. The normalized spacial score (nSPS) is 37.7. The van der Waals surface area contributed by atoms with Gasteiger partial charge in [0.05, 0.1) is 5.92 Å². The Balaban J connectivity index is 1.72. The van der Waals surface area contributed by atoms with Crippen molar-refractivity contribution < 1.29 is 14.3 Å². The summed E-state index contributed by atoms with van der Waals surface area (Å²) in [6, 6.07) is 3.97. The molecule has 3 heteroatoms. The summed E-state index contributed by atoms with van der Waals surface area (Å²) in [4.78, 5) is 10.7. The third-order valence-electron chi connectivity index (χ3n) is 3.60. The number of carboxylic acids is 1. The Morgan fingerprint density at radius 3 is 2.40 bits per heavy atom. The average Bonchev–Trinajstić information content (AvgIpc) is 3.07. The van der Waals surface area contributed by atoms with Gasteiger partial charge in [0.15, 0.2) is 0 Å². The third kappa shape index (κ3) is 1.46. The molecule has 0 radical (unpaired) electrons. The fraction of sp³-hybridized carbons (Fsp3) is 0.583. The van der Waals surface area contributed by atoms with Gasteiger partial charge in [0.2, 0.25) is 0 Å². The van der Waals surface area contributed by atoms with E-state index in [0.29, 0.717) is 5.92 Å². The lowest BCUT2D eigenvalue weighted by atomic mass is 10.2. The number of hydrogen-bond donors (Lipinski definition) is 1. The number of rotatable bonds is 3. The molecule has 2 aliphatic rings. The van der Waals surface area contributed by atoms with E-state index in [2.05, 4.69) is 6.92 Å². The molecule has 0 spiro atoms. The molecule has 1 heterocycles. The summed E-state index contributed by atoms with van der Waals surface area (Å²) < 4.78 is 5.72. The highest BCUT2D eigenvalue weighted by Crippen LogP contribution is 2.51. The maximum absolute atomic E-state index is 10.7. The van der Waals surface area contributed by atoms with E-state index >= 15 is 0 Å². The van der Waals surface area contributed by atoms with Crippen LogP contribution >= 0.6 is 0 Å². The predicted molar refractivity (Wildman–Crippen MR) is 53.7 cm³/mol. The minimum absolute atomic E-state index is 0.130. The van der Waals surface area contributed by atoms with E-state index in [-0.39, 0.29) is 11.8 Å². The van der Waals surface area contributed by atoms with E-state index in [4.69, 9.17) is 9.52 Å². The van der Waals surface area contributed by atoms with Crippen molar-refractivity contribution in [2.45, 2.75) is 31.6 Å². The minimum Gasteiger partial charge on any atom is -0.481 e. The Hall–Kier alpha value is -1.25. The Bertz CT molecular complexity index is 407. The zero-order valence-electron chi connectivity index (χ0n) is 8.64. The van der Waals surface area contributed by atoms with Gasteiger partial charge in [0, 0.05) is 11.8 Å². The van der Waals surface area contributed by atoms with Crippen LogP contribution in [0.4, 0.5) is 0 Å². The number of carboxylic acid groups (broad SMARTS) is 1. The van der Waals surface area contributed by atoms with Gasteiger partial charge in [-0.3, -0.25) is 4.79 Å². The summed E-state index contributed by atoms with van der Waals surface area (Å²) in [6.07, 6.45) is 1.95. The Kier molecular flexibility index (Phi) is 1.73. The summed E-state index contributed by atoms with van der Waals surface area (Å²) in [6.45, 7) is 2.21. The molecule has 15 heavy (non-hydrogen) atoms. The molecule has 2 fully saturated rings. The van der Waals surface area contributed by atoms with E-state index in [1.807, 2.05) is 12.1 Å². The van der Waals surface area contributed by atoms with Crippen molar-refractivity contribution in [3.05, 3.63) is 23.7 Å². The molecule has 4 atom stereocenters. The fourth-order valence-electron chi connectivity index (χ4n) is 2.27. The zero-order valence-corrected chi connectivity index (χ0v) is 8.64. The van der Waals surface area contributed by atoms with Gasteiger partial charge in [-0.05, 0) is 30.9 Å². The molecule has 0 aromatic carbocycles. The molecular formula is C12H14O3. The van der Waals surface area contributed by atoms with E-state index in [1.54, 1.807) is 0 Å². The molecule has 1 aromatic heterocycles. The molecule has 2 aliphatic carbocycles. The number of aliphatic carboxylic acids is 1. The highest BCUT2D eigenvalue weighted by molar-refractivity contribution is 5.74. The summed E-state index contributed by atoms with van der Waals surface area (Å²) >= 11 is 0. The van der Waals surface area contributed by atoms with Crippen molar-refractivity contribution in [1.82, 2.24) is 0 Å². The van der Waals surface area contributed by atoms with Crippen LogP contribution in [0.5, 0.6) is 0 Å². The van der Waals surface area contributed by atoms with Crippen LogP contribution in [-0.4, -0.2) is 11.1 Å². The lowest BCUT2D eigenvalue weighted by Crippen LogP contribution is -1.98. The Labute approximate surface area is 88.1 Å². The van der Waals surface area contributed by atoms with Crippen LogP contribution in [0.2, 0.25) is 0 Å². The van der Waals surface area contributed by atoms with Gasteiger partial charge in [-0.25, -0.2) is 0 Å². The molecule has 0 saturated heterocycles. The minimum atomic E-state index is -0.697. The fourth-order valence-corrected chi connectivity index (χ4v) is 2.27. The van der Waals surface area contributed by atoms with Gasteiger partial charge in [-0.2, -0.15) is 0 Å². The van der Waals surface area contributed by atoms with Crippen LogP contribution in [0.25, 0.3) is 0 Å². The van der Waals surface area contributed by atoms with Crippen molar-refractivity contribution in [2.24, 2.45) is 11.8 Å². The van der Waals surface area contributed by atoms with Gasteiger partial charge in [-0.15, -0.1) is 0 Å². The second-order valence-corrected chi connectivity index (χ2v) is 4.85. The highest BCUT2D eigenvalue weighted by atomic mass is 16.4. The Morgan fingerprint density at radius 1 is 1.33 bits per heavy atom. The molecule has 1 aromatic rings. The quantitative estimate of drug-likeness (QED) is 0.826. The van der Waals surface area contributed by atoms with Crippen LogP contribution in [0.3, 0.4) is 0 Å². The van der Waals surface area contributed by atoms with Gasteiger partial charge < -0.3 is 9.52 Å². The average molecular weight is 206 g/mol. The third-order valence-corrected chi connectivity index (χ3v) is 3.60. The molecule has 3 rings (SSSR count). The first-order valence-corrected chi connectivity index (χ1v) is 5.49. The highest BCUT2D eigenvalue weighted by Gasteiger charge is 2.47. The van der Waals surface area contributed by atoms with Crippen molar-refractivity contribution in [3.63, 3.8) is 0 Å². The maximum atomic E-state index is 10.7. The van der Waals surface area contributed by atoms with E-state index in [0.717, 1.165) is 23.9 Å². The molecule has 1 N–H and O–H groups in total. The largest absolute Gasteiger partial charge is 0.481 e. The van der Waals surface area contributed by atoms with Crippen LogP contribution in [0, 0.1) is 11.8 Å². The van der Waals surface area contributed by atoms with Crippen molar-refractivity contribution in [3.8, 4) is 0 Å². The lowest BCUT2D eigenvalue weighted by molar-refractivity contribution is -0.138. The second-order valence-electron chi connectivity index (χ2n) is 4.85. The van der Waals surface area contributed by atoms with Crippen molar-refractivity contribution in [2.75, 3.05) is 0 Å². The summed E-state index contributed by atoms with van der Waals surface area (Å²) in [7, 11) is 0. The first-order chi connectivity index (χ1) is 7.16. The number of furan rings is 1. The number of hydrogen-bond acceptors (Lipinski definition) is 2. The molecule has 80 valence electrons. The monoisotopic (exact) mass is 206 g/mol. The lowest BCUT2D eigenvalue weighted by Gasteiger charge is -1.93. The van der Waals surface area contributed by atoms with Crippen molar-refractivity contribution in [1.29, 1.82) is 0 Å². The van der Waals surface area contributed by atoms with Crippen LogP contribution in [0.15, 0.2) is 16.5 Å². The van der Waals surface area contributed by atoms with Gasteiger partial charge in [-0.1, -0.05) is 6.92 Å². The summed E-state index contributed by atoms with van der Waals surface area (Å²) in [5, 5.41) is 8.81. The van der Waals surface area contributed by atoms with Crippen LogP contribution in [0.1, 0.15) is 43.1 Å². The first kappa shape index (κ1) is 9.01. The summed E-state index contributed by atoms with van der Waals surface area (Å²) in [5.74, 6) is 2.47. The molecule has 0 bridgehead atoms. The predicted octanol–water partition coefficient (Wildman–Crippen LogP) is 2.59. The van der Waals surface area contributed by atoms with E-state index < -0.39 is 5.97 Å². The molecule has 3 nitrogen and oxygen atoms in total. The molecular weight excluding hydrogens is 192 g/mol. The molecule has 2 saturated carbocycles. The van der Waals surface area contributed by atoms with Crippen molar-refractivity contribution >= 4 is 5.97 Å². The SMILES string of the molecule is C[C@@H]1C[C@@H]1c1ccc([C@H]2C[C@@H]2C(=O)O)o1. The Morgan fingerprint density at radius 2 is 1.93 bits per heavy atom. The van der Waals surface area contributed by atoms with Crippen LogP contribution < -0.4 is 0 Å². The van der Waals surface area contributed by atoms with Gasteiger partial charge in [0.1, 0.15) is 11.5 Å². The van der Waals surface area contributed by atoms with Crippen LogP contribution in [-0.2, 0) is 4.79 Å². The smallest absolute Gasteiger partial charge is 0.307 e. The first-order valence-electron chi connectivity index (χ1n) is 5.49. The number of carbonyl (C=O) groups is 1. The van der Waals surface area contributed by atoms with E-state index in [9.17, 15) is 4.79 Å². The topological polar surface area (TPSA) is 50.4 Å². The summed E-state index contributed by atoms with van der Waals surface area (Å²) in [5.41, 5.74) is 0.